The van der Waals surface area contributed by atoms with Crippen molar-refractivity contribution in [1.29, 1.82) is 0 Å². The normalized spacial score (nSPS) is 16.4. The molecule has 3 heterocycles. The first-order valence-electron chi connectivity index (χ1n) is 12.6. The quantitative estimate of drug-likeness (QED) is 0.0597. The summed E-state index contributed by atoms with van der Waals surface area (Å²) in [6, 6.07) is 15.4. The molecule has 40 heavy (non-hydrogen) atoms. The van der Waals surface area contributed by atoms with E-state index in [1.165, 1.54) is 28.8 Å². The Hall–Kier alpha value is -4.09. The lowest BCUT2D eigenvalue weighted by atomic mass is 9.96. The molecule has 0 spiro atoms. The molecule has 0 unspecified atom stereocenters. The lowest BCUT2D eigenvalue weighted by Crippen LogP contribution is -2.29. The molecule has 1 aliphatic rings. The number of aromatic nitrogens is 3. The average molecular weight is 577 g/mol. The third-order valence-corrected chi connectivity index (χ3v) is 8.34. The van der Waals surface area contributed by atoms with Crippen molar-refractivity contribution in [3.63, 3.8) is 0 Å². The first-order chi connectivity index (χ1) is 19.5. The molecule has 4 aromatic rings. The van der Waals surface area contributed by atoms with Gasteiger partial charge in [0.2, 0.25) is 5.13 Å². The third kappa shape index (κ3) is 5.90. The molecule has 1 aliphatic heterocycles. The first kappa shape index (κ1) is 27.5. The van der Waals surface area contributed by atoms with Gasteiger partial charge in [0, 0.05) is 23.7 Å². The van der Waals surface area contributed by atoms with Crippen LogP contribution in [0.25, 0.3) is 5.76 Å². The molecule has 0 saturated carbocycles. The SMILES string of the molecule is CCCCOc1ccc(C(O)=C2C(=O)C(=O)N(c3nnc(SCc4ccc(F)cc4)s3)[C@@H]2c2cccnc2)cc1. The van der Waals surface area contributed by atoms with Gasteiger partial charge in [-0.15, -0.1) is 10.2 Å². The van der Waals surface area contributed by atoms with E-state index in [0.29, 0.717) is 33.6 Å². The molecule has 1 saturated heterocycles. The van der Waals surface area contributed by atoms with Crippen LogP contribution >= 0.6 is 23.1 Å². The van der Waals surface area contributed by atoms with Crippen LogP contribution in [0.15, 0.2) is 83.0 Å². The number of hydrogen-bond acceptors (Lipinski definition) is 9. The number of anilines is 1. The number of unbranched alkanes of at least 4 members (excludes halogenated alkanes) is 1. The van der Waals surface area contributed by atoms with Crippen LogP contribution in [-0.4, -0.2) is 38.6 Å². The zero-order valence-corrected chi connectivity index (χ0v) is 23.1. The zero-order valence-electron chi connectivity index (χ0n) is 21.5. The van der Waals surface area contributed by atoms with Crippen molar-refractivity contribution in [2.45, 2.75) is 35.9 Å². The van der Waals surface area contributed by atoms with Gasteiger partial charge in [-0.05, 0) is 60.0 Å². The van der Waals surface area contributed by atoms with Gasteiger partial charge in [-0.3, -0.25) is 19.5 Å². The van der Waals surface area contributed by atoms with Crippen LogP contribution in [-0.2, 0) is 15.3 Å². The Labute approximate surface area is 238 Å². The fraction of sp³-hybridized carbons (Fsp3) is 0.207. The van der Waals surface area contributed by atoms with Crippen LogP contribution in [0.2, 0.25) is 0 Å². The Morgan fingerprint density at radius 1 is 1.10 bits per heavy atom. The number of aliphatic hydroxyl groups is 1. The van der Waals surface area contributed by atoms with Gasteiger partial charge in [0.1, 0.15) is 17.3 Å². The topological polar surface area (TPSA) is 106 Å². The number of nitrogens with zero attached hydrogens (tertiary/aromatic N) is 4. The lowest BCUT2D eigenvalue weighted by Gasteiger charge is -2.22. The van der Waals surface area contributed by atoms with Crippen LogP contribution in [0.1, 0.15) is 42.5 Å². The highest BCUT2D eigenvalue weighted by atomic mass is 32.2. The number of pyridine rings is 1. The fourth-order valence-corrected chi connectivity index (χ4v) is 5.99. The zero-order chi connectivity index (χ0) is 28.1. The minimum atomic E-state index is -0.947. The Balaban J connectivity index is 1.46. The highest BCUT2D eigenvalue weighted by Crippen LogP contribution is 2.44. The molecule has 11 heteroatoms. The summed E-state index contributed by atoms with van der Waals surface area (Å²) in [5.74, 6) is -1.09. The van der Waals surface area contributed by atoms with E-state index >= 15 is 0 Å². The van der Waals surface area contributed by atoms with Crippen molar-refractivity contribution in [1.82, 2.24) is 15.2 Å². The van der Waals surface area contributed by atoms with E-state index in [2.05, 4.69) is 22.1 Å². The van der Waals surface area contributed by atoms with Gasteiger partial charge >= 0.3 is 5.91 Å². The summed E-state index contributed by atoms with van der Waals surface area (Å²) in [7, 11) is 0. The molecule has 1 amide bonds. The van der Waals surface area contributed by atoms with Crippen LogP contribution in [0.5, 0.6) is 5.75 Å². The number of ketones is 1. The van der Waals surface area contributed by atoms with Gasteiger partial charge < -0.3 is 9.84 Å². The van der Waals surface area contributed by atoms with E-state index in [-0.39, 0.29) is 22.3 Å². The average Bonchev–Trinajstić information content (AvgIpc) is 3.55. The third-order valence-electron chi connectivity index (χ3n) is 6.22. The van der Waals surface area contributed by atoms with E-state index in [1.807, 2.05) is 0 Å². The number of aliphatic hydroxyl groups excluding tert-OH is 1. The van der Waals surface area contributed by atoms with E-state index in [4.69, 9.17) is 4.74 Å². The summed E-state index contributed by atoms with van der Waals surface area (Å²) in [5.41, 5.74) is 1.76. The predicted octanol–water partition coefficient (Wildman–Crippen LogP) is 6.17. The number of halogens is 1. The molecule has 2 aromatic carbocycles. The standard InChI is InChI=1S/C29H25FN4O4S2/c1-2-3-15-38-22-12-8-19(9-13-22)25(35)23-24(20-5-4-14-31-16-20)34(27(37)26(23)36)28-32-33-29(40-28)39-17-18-6-10-21(30)11-7-18/h4-14,16,24,35H,2-3,15,17H2,1H3/t24-/m1/s1. The molecule has 5 rings (SSSR count). The van der Waals surface area contributed by atoms with Crippen LogP contribution in [0, 0.1) is 5.82 Å². The number of amides is 1. The smallest absolute Gasteiger partial charge is 0.301 e. The van der Waals surface area contributed by atoms with Gasteiger partial charge in [-0.25, -0.2) is 4.39 Å². The van der Waals surface area contributed by atoms with Crippen molar-refractivity contribution in [3.8, 4) is 5.75 Å². The predicted molar refractivity (Wildman–Crippen MR) is 152 cm³/mol. The van der Waals surface area contributed by atoms with E-state index in [1.54, 1.807) is 60.9 Å². The highest BCUT2D eigenvalue weighted by molar-refractivity contribution is 8.00. The minimum Gasteiger partial charge on any atom is -0.507 e. The maximum atomic E-state index is 13.3. The van der Waals surface area contributed by atoms with E-state index in [9.17, 15) is 19.1 Å². The van der Waals surface area contributed by atoms with Gasteiger partial charge in [0.25, 0.3) is 5.78 Å². The van der Waals surface area contributed by atoms with Crippen molar-refractivity contribution in [2.75, 3.05) is 11.5 Å². The molecule has 1 N–H and O–H groups in total. The number of rotatable bonds is 10. The van der Waals surface area contributed by atoms with Crippen molar-refractivity contribution >= 4 is 45.7 Å². The summed E-state index contributed by atoms with van der Waals surface area (Å²) < 4.78 is 19.5. The van der Waals surface area contributed by atoms with Crippen molar-refractivity contribution in [2.24, 2.45) is 0 Å². The summed E-state index contributed by atoms with van der Waals surface area (Å²) >= 11 is 2.54. The second kappa shape index (κ2) is 12.4. The van der Waals surface area contributed by atoms with Crippen LogP contribution < -0.4 is 9.64 Å². The van der Waals surface area contributed by atoms with Crippen LogP contribution in [0.3, 0.4) is 0 Å². The van der Waals surface area contributed by atoms with E-state index in [0.717, 1.165) is 29.7 Å². The Morgan fingerprint density at radius 2 is 1.88 bits per heavy atom. The van der Waals surface area contributed by atoms with Gasteiger partial charge in [0.15, 0.2) is 4.34 Å². The Bertz CT molecular complexity index is 1530. The Morgan fingerprint density at radius 3 is 2.58 bits per heavy atom. The molecular weight excluding hydrogens is 551 g/mol. The summed E-state index contributed by atoms with van der Waals surface area (Å²) in [6.45, 7) is 2.66. The van der Waals surface area contributed by atoms with E-state index < -0.39 is 17.7 Å². The fourth-order valence-electron chi connectivity index (χ4n) is 4.17. The molecule has 204 valence electrons. The molecule has 1 fully saturated rings. The number of hydrogen-bond donors (Lipinski definition) is 1. The maximum Gasteiger partial charge on any atom is 0.301 e. The van der Waals surface area contributed by atoms with Crippen molar-refractivity contribution in [3.05, 3.63) is 101 Å². The highest BCUT2D eigenvalue weighted by Gasteiger charge is 2.48. The number of thioether (sulfide) groups is 1. The number of benzene rings is 2. The number of ether oxygens (including phenoxy) is 1. The number of carbonyl (C=O) groups excluding carboxylic acids is 2. The Kier molecular flexibility index (Phi) is 8.51. The summed E-state index contributed by atoms with van der Waals surface area (Å²) in [4.78, 5) is 32.1. The molecular formula is C29H25FN4O4S2. The molecule has 0 aliphatic carbocycles. The maximum absolute atomic E-state index is 13.3. The van der Waals surface area contributed by atoms with Crippen LogP contribution in [0.4, 0.5) is 9.52 Å². The second-order valence-corrected chi connectivity index (χ2v) is 11.1. The second-order valence-electron chi connectivity index (χ2n) is 8.95. The lowest BCUT2D eigenvalue weighted by molar-refractivity contribution is -0.132. The number of carbonyl (C=O) groups is 2. The van der Waals surface area contributed by atoms with Gasteiger partial charge in [-0.2, -0.15) is 0 Å². The number of Topliss-reactive ketones (excluding diaryl/α,β-unsaturated/α-hetero) is 1. The largest absolute Gasteiger partial charge is 0.507 e. The van der Waals surface area contributed by atoms with Crippen molar-refractivity contribution < 1.29 is 23.8 Å². The summed E-state index contributed by atoms with van der Waals surface area (Å²) in [6.07, 6.45) is 5.07. The molecule has 0 radical (unpaired) electrons. The van der Waals surface area contributed by atoms with Gasteiger partial charge in [-0.1, -0.05) is 54.6 Å². The minimum absolute atomic E-state index is 0.0617. The summed E-state index contributed by atoms with van der Waals surface area (Å²) in [5, 5.41) is 19.9. The molecule has 1 atom stereocenters. The first-order valence-corrected chi connectivity index (χ1v) is 14.4. The molecule has 2 aromatic heterocycles. The monoisotopic (exact) mass is 576 g/mol. The molecule has 8 nitrogen and oxygen atoms in total. The molecule has 0 bridgehead atoms. The van der Waals surface area contributed by atoms with Gasteiger partial charge in [0.05, 0.1) is 18.2 Å².